The molecular weight excluding hydrogens is 440 g/mol. The minimum absolute atomic E-state index is 0.284. The van der Waals surface area contributed by atoms with Crippen molar-refractivity contribution in [1.82, 2.24) is 15.0 Å². The predicted octanol–water partition coefficient (Wildman–Crippen LogP) is 5.43. The van der Waals surface area contributed by atoms with E-state index in [4.69, 9.17) is 16.3 Å². The SMILES string of the molecule is CN1CCc2cc(-c3nc4nc(Oc5ccc(C(C)(C)C(=O)O)cc5)[nH]c4cc3Cl)ccc21. The number of carbonyl (C=O) groups is 1. The van der Waals surface area contributed by atoms with Crippen LogP contribution in [0.3, 0.4) is 0 Å². The number of ether oxygens (including phenoxy) is 1. The van der Waals surface area contributed by atoms with Gasteiger partial charge < -0.3 is 19.7 Å². The number of H-pyrrole nitrogens is 1. The second-order valence-electron chi connectivity index (χ2n) is 8.80. The summed E-state index contributed by atoms with van der Waals surface area (Å²) in [4.78, 5) is 25.9. The van der Waals surface area contributed by atoms with Crippen LogP contribution in [0.1, 0.15) is 25.0 Å². The van der Waals surface area contributed by atoms with Crippen molar-refractivity contribution in [1.29, 1.82) is 0 Å². The maximum absolute atomic E-state index is 11.5. The molecule has 2 N–H and O–H groups in total. The molecule has 1 aliphatic heterocycles. The molecule has 168 valence electrons. The molecule has 0 unspecified atom stereocenters. The van der Waals surface area contributed by atoms with Crippen molar-refractivity contribution in [3.63, 3.8) is 0 Å². The molecule has 3 heterocycles. The van der Waals surface area contributed by atoms with Gasteiger partial charge in [0.05, 0.1) is 21.6 Å². The van der Waals surface area contributed by atoms with Crippen molar-refractivity contribution in [2.24, 2.45) is 0 Å². The lowest BCUT2D eigenvalue weighted by molar-refractivity contribution is -0.142. The first kappa shape index (κ1) is 21.3. The van der Waals surface area contributed by atoms with Crippen molar-refractivity contribution in [2.45, 2.75) is 25.7 Å². The molecule has 2 aromatic heterocycles. The van der Waals surface area contributed by atoms with Crippen LogP contribution >= 0.6 is 11.6 Å². The number of nitrogens with zero attached hydrogens (tertiary/aromatic N) is 3. The Balaban J connectivity index is 1.42. The number of hydrogen-bond acceptors (Lipinski definition) is 5. The Bertz CT molecular complexity index is 1380. The Labute approximate surface area is 196 Å². The van der Waals surface area contributed by atoms with Gasteiger partial charge >= 0.3 is 12.0 Å². The molecule has 7 nitrogen and oxygen atoms in total. The Morgan fingerprint density at radius 3 is 2.64 bits per heavy atom. The van der Waals surface area contributed by atoms with Gasteiger partial charge in [0, 0.05) is 24.8 Å². The lowest BCUT2D eigenvalue weighted by Crippen LogP contribution is -2.28. The van der Waals surface area contributed by atoms with Crippen LogP contribution in [0.25, 0.3) is 22.4 Å². The zero-order valence-corrected chi connectivity index (χ0v) is 19.3. The first-order valence-corrected chi connectivity index (χ1v) is 11.0. The number of pyridine rings is 1. The number of carboxylic acids is 1. The van der Waals surface area contributed by atoms with Crippen LogP contribution < -0.4 is 9.64 Å². The number of fused-ring (bicyclic) bond motifs is 2. The molecule has 4 aromatic rings. The van der Waals surface area contributed by atoms with E-state index in [2.05, 4.69) is 39.0 Å². The van der Waals surface area contributed by atoms with Gasteiger partial charge in [0.15, 0.2) is 5.65 Å². The van der Waals surface area contributed by atoms with E-state index in [0.717, 1.165) is 18.5 Å². The van der Waals surface area contributed by atoms with E-state index in [0.29, 0.717) is 33.2 Å². The number of anilines is 1. The summed E-state index contributed by atoms with van der Waals surface area (Å²) in [6, 6.07) is 15.3. The summed E-state index contributed by atoms with van der Waals surface area (Å²) < 4.78 is 5.85. The number of aromatic nitrogens is 3. The Morgan fingerprint density at radius 2 is 1.91 bits per heavy atom. The number of imidazole rings is 1. The standard InChI is InChI=1S/C25H23ClN4O3/c1-25(2,23(31)32)16-5-7-17(8-6-16)33-24-27-19-13-18(26)21(28-22(19)29-24)15-4-9-20-14(12-15)10-11-30(20)3/h4-9,12-13H,10-11H2,1-3H3,(H,31,32)(H,27,28,29). The van der Waals surface area contributed by atoms with Crippen LogP contribution in [0, 0.1) is 0 Å². The highest BCUT2D eigenvalue weighted by Gasteiger charge is 2.29. The largest absolute Gasteiger partial charge is 0.481 e. The second-order valence-corrected chi connectivity index (χ2v) is 9.21. The molecule has 0 aliphatic carbocycles. The molecule has 0 fully saturated rings. The normalized spacial score (nSPS) is 13.4. The van der Waals surface area contributed by atoms with E-state index in [1.54, 1.807) is 44.2 Å². The lowest BCUT2D eigenvalue weighted by Gasteiger charge is -2.19. The monoisotopic (exact) mass is 462 g/mol. The van der Waals surface area contributed by atoms with Gasteiger partial charge in [0.25, 0.3) is 0 Å². The Hall–Kier alpha value is -3.58. The van der Waals surface area contributed by atoms with E-state index in [-0.39, 0.29) is 6.01 Å². The molecule has 0 atom stereocenters. The van der Waals surface area contributed by atoms with Crippen molar-refractivity contribution < 1.29 is 14.6 Å². The third-order valence-electron chi connectivity index (χ3n) is 6.21. The summed E-state index contributed by atoms with van der Waals surface area (Å²) in [6.45, 7) is 4.33. The van der Waals surface area contributed by atoms with Crippen LogP contribution in [-0.4, -0.2) is 39.6 Å². The van der Waals surface area contributed by atoms with Crippen molar-refractivity contribution in [3.8, 4) is 23.0 Å². The molecular formula is C25H23ClN4O3. The molecule has 8 heteroatoms. The minimum Gasteiger partial charge on any atom is -0.481 e. The average molecular weight is 463 g/mol. The van der Waals surface area contributed by atoms with Crippen molar-refractivity contribution in [3.05, 3.63) is 64.7 Å². The lowest BCUT2D eigenvalue weighted by atomic mass is 9.85. The van der Waals surface area contributed by atoms with Crippen LogP contribution in [0.2, 0.25) is 5.02 Å². The molecule has 0 radical (unpaired) electrons. The number of halogens is 1. The van der Waals surface area contributed by atoms with Gasteiger partial charge in [0.1, 0.15) is 5.75 Å². The summed E-state index contributed by atoms with van der Waals surface area (Å²) in [5.74, 6) is -0.351. The quantitative estimate of drug-likeness (QED) is 0.411. The number of aliphatic carboxylic acids is 1. The van der Waals surface area contributed by atoms with E-state index in [1.807, 2.05) is 6.07 Å². The fraction of sp³-hybridized carbons (Fsp3) is 0.240. The number of aromatic amines is 1. The highest BCUT2D eigenvalue weighted by atomic mass is 35.5. The smallest absolute Gasteiger partial charge is 0.313 e. The number of benzene rings is 2. The summed E-state index contributed by atoms with van der Waals surface area (Å²) in [5, 5.41) is 9.93. The Kier molecular flexibility index (Phi) is 5.01. The van der Waals surface area contributed by atoms with Gasteiger partial charge in [-0.25, -0.2) is 4.98 Å². The molecule has 2 aromatic carbocycles. The first-order valence-electron chi connectivity index (χ1n) is 10.6. The highest BCUT2D eigenvalue weighted by Crippen LogP contribution is 2.35. The topological polar surface area (TPSA) is 91.3 Å². The van der Waals surface area contributed by atoms with E-state index in [9.17, 15) is 9.90 Å². The Morgan fingerprint density at radius 1 is 1.15 bits per heavy atom. The zero-order chi connectivity index (χ0) is 23.3. The summed E-state index contributed by atoms with van der Waals surface area (Å²) >= 11 is 6.56. The van der Waals surface area contributed by atoms with Crippen LogP contribution in [0.15, 0.2) is 48.5 Å². The predicted molar refractivity (Wildman–Crippen MR) is 128 cm³/mol. The third-order valence-corrected chi connectivity index (χ3v) is 6.50. The van der Waals surface area contributed by atoms with Gasteiger partial charge in [-0.1, -0.05) is 29.8 Å². The van der Waals surface area contributed by atoms with Gasteiger partial charge in [0.2, 0.25) is 0 Å². The fourth-order valence-corrected chi connectivity index (χ4v) is 4.30. The van der Waals surface area contributed by atoms with Gasteiger partial charge in [-0.2, -0.15) is 4.98 Å². The summed E-state index contributed by atoms with van der Waals surface area (Å²) in [7, 11) is 2.09. The van der Waals surface area contributed by atoms with E-state index in [1.165, 1.54) is 11.3 Å². The van der Waals surface area contributed by atoms with Crippen LogP contribution in [-0.2, 0) is 16.6 Å². The number of likely N-dealkylation sites (N-methyl/N-ethyl adjacent to an activating group) is 1. The molecule has 0 saturated heterocycles. The first-order chi connectivity index (χ1) is 15.7. The van der Waals surface area contributed by atoms with E-state index >= 15 is 0 Å². The highest BCUT2D eigenvalue weighted by molar-refractivity contribution is 6.33. The molecule has 0 spiro atoms. The molecule has 0 saturated carbocycles. The molecule has 1 aliphatic rings. The molecule has 0 bridgehead atoms. The minimum atomic E-state index is -0.984. The van der Waals surface area contributed by atoms with Crippen LogP contribution in [0.5, 0.6) is 11.8 Å². The maximum Gasteiger partial charge on any atom is 0.313 e. The van der Waals surface area contributed by atoms with Crippen molar-refractivity contribution in [2.75, 3.05) is 18.5 Å². The summed E-state index contributed by atoms with van der Waals surface area (Å²) in [5.41, 5.74) is 5.04. The average Bonchev–Trinajstić information content (AvgIpc) is 3.35. The van der Waals surface area contributed by atoms with Gasteiger partial charge in [-0.15, -0.1) is 0 Å². The van der Waals surface area contributed by atoms with Crippen molar-refractivity contribution >= 4 is 34.4 Å². The number of carboxylic acid groups (broad SMARTS) is 1. The third kappa shape index (κ3) is 3.78. The van der Waals surface area contributed by atoms with E-state index < -0.39 is 11.4 Å². The van der Waals surface area contributed by atoms with Crippen LogP contribution in [0.4, 0.5) is 5.69 Å². The van der Waals surface area contributed by atoms with Gasteiger partial charge in [-0.3, -0.25) is 4.79 Å². The maximum atomic E-state index is 11.5. The van der Waals surface area contributed by atoms with Gasteiger partial charge in [-0.05, 0) is 61.7 Å². The summed E-state index contributed by atoms with van der Waals surface area (Å²) in [6.07, 6.45) is 1.00. The second kappa shape index (κ2) is 7.78. The number of nitrogens with one attached hydrogen (secondary N) is 1. The zero-order valence-electron chi connectivity index (χ0n) is 18.5. The fourth-order valence-electron chi connectivity index (χ4n) is 4.04. The number of rotatable bonds is 5. The molecule has 5 rings (SSSR count). The number of hydrogen-bond donors (Lipinski definition) is 2. The molecule has 0 amide bonds. The molecule has 33 heavy (non-hydrogen) atoms.